The maximum atomic E-state index is 12.9. The zero-order chi connectivity index (χ0) is 20.3. The highest BCUT2D eigenvalue weighted by Crippen LogP contribution is 2.36. The predicted octanol–water partition coefficient (Wildman–Crippen LogP) is 5.72. The normalized spacial score (nSPS) is 11.5. The van der Waals surface area contributed by atoms with Gasteiger partial charge >= 0.3 is 6.18 Å². The van der Waals surface area contributed by atoms with E-state index < -0.39 is 22.7 Å². The molecule has 3 aromatic rings. The van der Waals surface area contributed by atoms with E-state index in [1.54, 1.807) is 0 Å². The summed E-state index contributed by atoms with van der Waals surface area (Å²) in [5, 5.41) is 1.94. The van der Waals surface area contributed by atoms with Crippen LogP contribution in [0.15, 0.2) is 53.1 Å². The summed E-state index contributed by atoms with van der Waals surface area (Å²) in [6.45, 7) is 0. The average Bonchev–Trinajstić information content (AvgIpc) is 3.10. The van der Waals surface area contributed by atoms with E-state index in [0.717, 1.165) is 12.1 Å². The van der Waals surface area contributed by atoms with Gasteiger partial charge in [-0.15, -0.1) is 0 Å². The number of halogens is 5. The second-order valence-electron chi connectivity index (χ2n) is 5.87. The first-order chi connectivity index (χ1) is 13.2. The molecule has 0 spiro atoms. The van der Waals surface area contributed by atoms with Gasteiger partial charge in [-0.25, -0.2) is 9.37 Å². The SMILES string of the molecule is O=C(CCc1ncc(-c2ccc(F)cc2)o1)Nc1ccc(Cl)c(C(F)(F)F)c1. The van der Waals surface area contributed by atoms with E-state index in [1.807, 2.05) is 0 Å². The fourth-order valence-electron chi connectivity index (χ4n) is 2.44. The van der Waals surface area contributed by atoms with Crippen molar-refractivity contribution in [3.8, 4) is 11.3 Å². The topological polar surface area (TPSA) is 55.1 Å². The summed E-state index contributed by atoms with van der Waals surface area (Å²) in [6.07, 6.45) is -3.07. The highest BCUT2D eigenvalue weighted by molar-refractivity contribution is 6.31. The van der Waals surface area contributed by atoms with Crippen molar-refractivity contribution < 1.29 is 26.8 Å². The first-order valence-electron chi connectivity index (χ1n) is 8.09. The van der Waals surface area contributed by atoms with Crippen LogP contribution >= 0.6 is 11.6 Å². The lowest BCUT2D eigenvalue weighted by atomic mass is 10.2. The summed E-state index contributed by atoms with van der Waals surface area (Å²) in [4.78, 5) is 16.1. The molecule has 4 nitrogen and oxygen atoms in total. The van der Waals surface area contributed by atoms with Gasteiger partial charge in [-0.05, 0) is 42.5 Å². The molecule has 28 heavy (non-hydrogen) atoms. The maximum Gasteiger partial charge on any atom is 0.417 e. The van der Waals surface area contributed by atoms with Crippen molar-refractivity contribution in [2.45, 2.75) is 19.0 Å². The Balaban J connectivity index is 1.60. The standard InChI is InChI=1S/C19H13ClF4N2O2/c20-15-6-5-13(9-14(15)19(22,23)24)26-17(27)7-8-18-25-10-16(28-18)11-1-3-12(21)4-2-11/h1-6,9-10H,7-8H2,(H,26,27). The van der Waals surface area contributed by atoms with Gasteiger partial charge in [0.2, 0.25) is 5.91 Å². The van der Waals surface area contributed by atoms with Crippen LogP contribution in [0, 0.1) is 5.82 Å². The molecule has 0 aliphatic heterocycles. The molecule has 3 rings (SSSR count). The molecule has 1 amide bonds. The number of carbonyl (C=O) groups is 1. The molecule has 1 N–H and O–H groups in total. The van der Waals surface area contributed by atoms with Gasteiger partial charge in [0.15, 0.2) is 11.7 Å². The number of carbonyl (C=O) groups excluding carboxylic acids is 1. The molecule has 0 aliphatic rings. The Morgan fingerprint density at radius 3 is 2.54 bits per heavy atom. The number of nitrogens with one attached hydrogen (secondary N) is 1. The maximum absolute atomic E-state index is 12.9. The number of hydrogen-bond donors (Lipinski definition) is 1. The summed E-state index contributed by atoms with van der Waals surface area (Å²) >= 11 is 5.55. The van der Waals surface area contributed by atoms with Gasteiger partial charge in [-0.3, -0.25) is 4.79 Å². The van der Waals surface area contributed by atoms with Crippen LogP contribution in [0.1, 0.15) is 17.9 Å². The molecule has 0 saturated heterocycles. The van der Waals surface area contributed by atoms with E-state index in [2.05, 4.69) is 10.3 Å². The van der Waals surface area contributed by atoms with Gasteiger partial charge in [0.25, 0.3) is 0 Å². The van der Waals surface area contributed by atoms with Crippen molar-refractivity contribution in [1.29, 1.82) is 0 Å². The number of benzene rings is 2. The fraction of sp³-hybridized carbons (Fsp3) is 0.158. The molecule has 146 valence electrons. The van der Waals surface area contributed by atoms with Crippen molar-refractivity contribution in [1.82, 2.24) is 4.98 Å². The number of hydrogen-bond acceptors (Lipinski definition) is 3. The smallest absolute Gasteiger partial charge is 0.417 e. The highest BCUT2D eigenvalue weighted by Gasteiger charge is 2.33. The number of alkyl halides is 3. The lowest BCUT2D eigenvalue weighted by molar-refractivity contribution is -0.137. The lowest BCUT2D eigenvalue weighted by Gasteiger charge is -2.11. The van der Waals surface area contributed by atoms with Crippen molar-refractivity contribution >= 4 is 23.2 Å². The van der Waals surface area contributed by atoms with E-state index in [1.165, 1.54) is 36.5 Å². The van der Waals surface area contributed by atoms with Crippen molar-refractivity contribution in [3.05, 3.63) is 71.0 Å². The van der Waals surface area contributed by atoms with Gasteiger partial charge in [0, 0.05) is 24.1 Å². The number of aryl methyl sites for hydroxylation is 1. The number of oxazole rings is 1. The molecule has 0 unspecified atom stereocenters. The van der Waals surface area contributed by atoms with E-state index in [-0.39, 0.29) is 30.2 Å². The number of rotatable bonds is 5. The van der Waals surface area contributed by atoms with E-state index in [4.69, 9.17) is 16.0 Å². The van der Waals surface area contributed by atoms with Crippen LogP contribution in [-0.4, -0.2) is 10.9 Å². The molecule has 2 aromatic carbocycles. The molecule has 0 radical (unpaired) electrons. The quantitative estimate of drug-likeness (QED) is 0.545. The van der Waals surface area contributed by atoms with Gasteiger partial charge in [0.1, 0.15) is 5.82 Å². The summed E-state index contributed by atoms with van der Waals surface area (Å²) in [5.41, 5.74) is -0.407. The molecular weight excluding hydrogens is 400 g/mol. The zero-order valence-electron chi connectivity index (χ0n) is 14.2. The van der Waals surface area contributed by atoms with Gasteiger partial charge < -0.3 is 9.73 Å². The summed E-state index contributed by atoms with van der Waals surface area (Å²) in [7, 11) is 0. The molecule has 0 saturated carbocycles. The fourth-order valence-corrected chi connectivity index (χ4v) is 2.66. The van der Waals surface area contributed by atoms with Gasteiger partial charge in [-0.1, -0.05) is 11.6 Å². The molecule has 0 fully saturated rings. The van der Waals surface area contributed by atoms with Crippen LogP contribution in [0.25, 0.3) is 11.3 Å². The monoisotopic (exact) mass is 412 g/mol. The molecule has 0 bridgehead atoms. The Morgan fingerprint density at radius 1 is 1.14 bits per heavy atom. The Kier molecular flexibility index (Phi) is 5.69. The van der Waals surface area contributed by atoms with Crippen molar-refractivity contribution in [2.75, 3.05) is 5.32 Å². The van der Waals surface area contributed by atoms with E-state index in [0.29, 0.717) is 11.3 Å². The van der Waals surface area contributed by atoms with E-state index >= 15 is 0 Å². The van der Waals surface area contributed by atoms with Crippen LogP contribution in [0.5, 0.6) is 0 Å². The summed E-state index contributed by atoms with van der Waals surface area (Å²) < 4.78 is 57.0. The van der Waals surface area contributed by atoms with Crippen molar-refractivity contribution in [2.24, 2.45) is 0 Å². The molecule has 1 aromatic heterocycles. The Bertz CT molecular complexity index is 984. The van der Waals surface area contributed by atoms with Crippen LogP contribution < -0.4 is 5.32 Å². The second kappa shape index (κ2) is 8.02. The average molecular weight is 413 g/mol. The van der Waals surface area contributed by atoms with Crippen LogP contribution in [-0.2, 0) is 17.4 Å². The van der Waals surface area contributed by atoms with E-state index in [9.17, 15) is 22.4 Å². The van der Waals surface area contributed by atoms with Crippen LogP contribution in [0.2, 0.25) is 5.02 Å². The Labute approximate surface area is 162 Å². The first-order valence-corrected chi connectivity index (χ1v) is 8.47. The lowest BCUT2D eigenvalue weighted by Crippen LogP contribution is -2.14. The minimum atomic E-state index is -4.62. The largest absolute Gasteiger partial charge is 0.441 e. The third-order valence-corrected chi connectivity index (χ3v) is 4.13. The molecule has 1 heterocycles. The number of anilines is 1. The van der Waals surface area contributed by atoms with Gasteiger partial charge in [-0.2, -0.15) is 13.2 Å². The predicted molar refractivity (Wildman–Crippen MR) is 95.3 cm³/mol. The molecule has 9 heteroatoms. The minimum absolute atomic E-state index is 0.0128. The molecular formula is C19H13ClF4N2O2. The van der Waals surface area contributed by atoms with Crippen LogP contribution in [0.4, 0.5) is 23.2 Å². The highest BCUT2D eigenvalue weighted by atomic mass is 35.5. The summed E-state index contributed by atoms with van der Waals surface area (Å²) in [6, 6.07) is 8.77. The van der Waals surface area contributed by atoms with Crippen molar-refractivity contribution in [3.63, 3.8) is 0 Å². The summed E-state index contributed by atoms with van der Waals surface area (Å²) in [5.74, 6) is -0.183. The third kappa shape index (κ3) is 4.89. The Morgan fingerprint density at radius 2 is 1.86 bits per heavy atom. The first kappa shape index (κ1) is 19.9. The minimum Gasteiger partial charge on any atom is -0.441 e. The molecule has 0 aliphatic carbocycles. The van der Waals surface area contributed by atoms with Gasteiger partial charge in [0.05, 0.1) is 16.8 Å². The number of nitrogens with zero attached hydrogens (tertiary/aromatic N) is 1. The Hall–Kier alpha value is -2.87. The molecule has 0 atom stereocenters. The zero-order valence-corrected chi connectivity index (χ0v) is 14.9. The van der Waals surface area contributed by atoms with Crippen LogP contribution in [0.3, 0.4) is 0 Å². The second-order valence-corrected chi connectivity index (χ2v) is 6.27. The third-order valence-electron chi connectivity index (χ3n) is 3.80. The number of amides is 1. The number of aromatic nitrogens is 1.